The fourth-order valence-corrected chi connectivity index (χ4v) is 3.39. The van der Waals surface area contributed by atoms with Crippen LogP contribution in [0.25, 0.3) is 0 Å². The van der Waals surface area contributed by atoms with Crippen molar-refractivity contribution in [3.05, 3.63) is 49.3 Å². The van der Waals surface area contributed by atoms with Gasteiger partial charge < -0.3 is 5.73 Å². The minimum atomic E-state index is -0.479. The van der Waals surface area contributed by atoms with Gasteiger partial charge in [-0.1, -0.05) is 29.3 Å². The van der Waals surface area contributed by atoms with E-state index in [1.54, 1.807) is 30.1 Å². The molecule has 1 aromatic carbocycles. The van der Waals surface area contributed by atoms with Crippen molar-refractivity contribution >= 4 is 51.7 Å². The lowest BCUT2D eigenvalue weighted by Crippen LogP contribution is -2.26. The Hall–Kier alpha value is -0.790. The number of benzene rings is 1. The summed E-state index contributed by atoms with van der Waals surface area (Å²) in [4.78, 5) is 11.8. The molecule has 20 heavy (non-hydrogen) atoms. The highest BCUT2D eigenvalue weighted by molar-refractivity contribution is 14.1. The van der Waals surface area contributed by atoms with Gasteiger partial charge in [-0.25, -0.2) is 0 Å². The van der Waals surface area contributed by atoms with Crippen LogP contribution in [-0.4, -0.2) is 15.7 Å². The van der Waals surface area contributed by atoms with E-state index in [0.29, 0.717) is 16.5 Å². The third-order valence-corrected chi connectivity index (χ3v) is 4.47. The Morgan fingerprint density at radius 1 is 1.50 bits per heavy atom. The van der Waals surface area contributed by atoms with Crippen LogP contribution >= 0.6 is 45.8 Å². The lowest BCUT2D eigenvalue weighted by molar-refractivity contribution is -0.119. The maximum Gasteiger partial charge on any atom is 0.226 e. The average molecular weight is 424 g/mol. The van der Waals surface area contributed by atoms with Gasteiger partial charge in [0.1, 0.15) is 0 Å². The predicted molar refractivity (Wildman–Crippen MR) is 88.0 cm³/mol. The van der Waals surface area contributed by atoms with Crippen molar-refractivity contribution in [3.8, 4) is 0 Å². The molecule has 2 rings (SSSR count). The number of amides is 1. The second-order valence-corrected chi connectivity index (χ2v) is 6.40. The number of halogens is 3. The van der Waals surface area contributed by atoms with E-state index < -0.39 is 11.8 Å². The number of nitrogens with two attached hydrogens (primary N) is 1. The molecule has 1 heterocycles. The molecule has 1 aromatic heterocycles. The second-order valence-electron chi connectivity index (χ2n) is 4.40. The summed E-state index contributed by atoms with van der Waals surface area (Å²) in [5, 5.41) is 5.23. The summed E-state index contributed by atoms with van der Waals surface area (Å²) in [6, 6.07) is 5.21. The van der Waals surface area contributed by atoms with E-state index in [4.69, 9.17) is 28.9 Å². The first-order valence-electron chi connectivity index (χ1n) is 5.80. The molecule has 4 nitrogen and oxygen atoms in total. The van der Waals surface area contributed by atoms with Gasteiger partial charge in [-0.15, -0.1) is 0 Å². The zero-order chi connectivity index (χ0) is 14.9. The molecule has 1 atom stereocenters. The number of rotatable bonds is 4. The van der Waals surface area contributed by atoms with Crippen LogP contribution in [0.2, 0.25) is 10.0 Å². The van der Waals surface area contributed by atoms with Crippen LogP contribution in [0.5, 0.6) is 0 Å². The monoisotopic (exact) mass is 423 g/mol. The standard InChI is InChI=1S/C13H12Cl2IN3O/c1-19-12(11(16)6-18-19)9(13(17)20)4-7-2-3-8(14)5-10(7)15/h2-3,5-6,9H,4H2,1H3,(H2,17,20). The van der Waals surface area contributed by atoms with E-state index in [9.17, 15) is 4.79 Å². The Labute approximate surface area is 140 Å². The van der Waals surface area contributed by atoms with Gasteiger partial charge in [0.15, 0.2) is 0 Å². The molecule has 0 aliphatic rings. The summed E-state index contributed by atoms with van der Waals surface area (Å²) in [5.74, 6) is -0.884. The fraction of sp³-hybridized carbons (Fsp3) is 0.231. The first-order valence-corrected chi connectivity index (χ1v) is 7.64. The molecule has 0 fully saturated rings. The zero-order valence-corrected chi connectivity index (χ0v) is 14.3. The van der Waals surface area contributed by atoms with Gasteiger partial charge in [0.05, 0.1) is 21.4 Å². The van der Waals surface area contributed by atoms with Crippen LogP contribution in [0.3, 0.4) is 0 Å². The highest BCUT2D eigenvalue weighted by atomic mass is 127. The van der Waals surface area contributed by atoms with Crippen LogP contribution < -0.4 is 5.73 Å². The van der Waals surface area contributed by atoms with Crippen LogP contribution in [0, 0.1) is 3.57 Å². The molecule has 0 saturated heterocycles. The molecular weight excluding hydrogens is 412 g/mol. The van der Waals surface area contributed by atoms with Gasteiger partial charge in [0, 0.05) is 17.1 Å². The van der Waals surface area contributed by atoms with E-state index >= 15 is 0 Å². The number of primary amides is 1. The van der Waals surface area contributed by atoms with E-state index in [-0.39, 0.29) is 0 Å². The molecular formula is C13H12Cl2IN3O. The van der Waals surface area contributed by atoms with Crippen LogP contribution in [0.4, 0.5) is 0 Å². The molecule has 106 valence electrons. The lowest BCUT2D eigenvalue weighted by Gasteiger charge is -2.15. The second kappa shape index (κ2) is 6.32. The summed E-state index contributed by atoms with van der Waals surface area (Å²) < 4.78 is 2.57. The van der Waals surface area contributed by atoms with Crippen molar-refractivity contribution in [1.29, 1.82) is 0 Å². The van der Waals surface area contributed by atoms with E-state index in [1.807, 2.05) is 6.07 Å². The molecule has 1 amide bonds. The lowest BCUT2D eigenvalue weighted by atomic mass is 9.95. The van der Waals surface area contributed by atoms with Crippen molar-refractivity contribution in [2.75, 3.05) is 0 Å². The maximum atomic E-state index is 11.8. The fourth-order valence-electron chi connectivity index (χ4n) is 2.05. The summed E-state index contributed by atoms with van der Waals surface area (Å²) in [6.45, 7) is 0. The quantitative estimate of drug-likeness (QED) is 0.768. The number of hydrogen-bond acceptors (Lipinski definition) is 2. The number of aryl methyl sites for hydroxylation is 1. The van der Waals surface area contributed by atoms with Gasteiger partial charge in [0.25, 0.3) is 0 Å². The van der Waals surface area contributed by atoms with E-state index in [1.165, 1.54) is 0 Å². The average Bonchev–Trinajstić information content (AvgIpc) is 2.68. The first-order chi connectivity index (χ1) is 9.40. The smallest absolute Gasteiger partial charge is 0.226 e. The summed E-state index contributed by atoms with van der Waals surface area (Å²) in [7, 11) is 1.79. The van der Waals surface area contributed by atoms with Gasteiger partial charge in [-0.3, -0.25) is 9.48 Å². The molecule has 0 aliphatic carbocycles. The number of aromatic nitrogens is 2. The molecule has 2 aromatic rings. The van der Waals surface area contributed by atoms with Gasteiger partial charge in [-0.05, 0) is 46.7 Å². The highest BCUT2D eigenvalue weighted by Gasteiger charge is 2.25. The predicted octanol–water partition coefficient (Wildman–Crippen LogP) is 3.14. The minimum Gasteiger partial charge on any atom is -0.369 e. The first kappa shape index (κ1) is 15.6. The van der Waals surface area contributed by atoms with Crippen molar-refractivity contribution in [2.45, 2.75) is 12.3 Å². The normalized spacial score (nSPS) is 12.4. The molecule has 0 aliphatic heterocycles. The molecule has 1 unspecified atom stereocenters. The molecule has 2 N–H and O–H groups in total. The Bertz CT molecular complexity index is 638. The van der Waals surface area contributed by atoms with Crippen molar-refractivity contribution in [2.24, 2.45) is 12.8 Å². The van der Waals surface area contributed by atoms with Crippen LogP contribution in [0.15, 0.2) is 24.4 Å². The molecule has 0 saturated carbocycles. The Morgan fingerprint density at radius 2 is 2.20 bits per heavy atom. The van der Waals surface area contributed by atoms with Crippen LogP contribution in [0.1, 0.15) is 17.2 Å². The number of nitrogens with zero attached hydrogens (tertiary/aromatic N) is 2. The summed E-state index contributed by atoms with van der Waals surface area (Å²) in [6.07, 6.45) is 2.12. The SMILES string of the molecule is Cn1ncc(I)c1C(Cc1ccc(Cl)cc1Cl)C(N)=O. The molecule has 0 radical (unpaired) electrons. The van der Waals surface area contributed by atoms with Gasteiger partial charge >= 0.3 is 0 Å². The zero-order valence-electron chi connectivity index (χ0n) is 10.6. The van der Waals surface area contributed by atoms with Gasteiger partial charge in [0.2, 0.25) is 5.91 Å². The van der Waals surface area contributed by atoms with Crippen molar-refractivity contribution < 1.29 is 4.79 Å². The molecule has 7 heteroatoms. The van der Waals surface area contributed by atoms with Crippen molar-refractivity contribution in [3.63, 3.8) is 0 Å². The Morgan fingerprint density at radius 3 is 2.70 bits per heavy atom. The largest absolute Gasteiger partial charge is 0.369 e. The Balaban J connectivity index is 2.38. The highest BCUT2D eigenvalue weighted by Crippen LogP contribution is 2.29. The third-order valence-electron chi connectivity index (χ3n) is 3.05. The minimum absolute atomic E-state index is 0.405. The van der Waals surface area contributed by atoms with Crippen LogP contribution in [-0.2, 0) is 18.3 Å². The van der Waals surface area contributed by atoms with E-state index in [0.717, 1.165) is 14.8 Å². The molecule has 0 bridgehead atoms. The summed E-state index contributed by atoms with van der Waals surface area (Å²) in [5.41, 5.74) is 7.17. The van der Waals surface area contributed by atoms with E-state index in [2.05, 4.69) is 27.7 Å². The van der Waals surface area contributed by atoms with Gasteiger partial charge in [-0.2, -0.15) is 5.10 Å². The third kappa shape index (κ3) is 3.27. The molecule has 0 spiro atoms. The Kier molecular flexibility index (Phi) is 4.93. The topological polar surface area (TPSA) is 60.9 Å². The number of carbonyl (C=O) groups is 1. The number of hydrogen-bond donors (Lipinski definition) is 1. The maximum absolute atomic E-state index is 11.8. The number of carbonyl (C=O) groups excluding carboxylic acids is 1. The summed E-state index contributed by atoms with van der Waals surface area (Å²) >= 11 is 14.2. The van der Waals surface area contributed by atoms with Crippen molar-refractivity contribution in [1.82, 2.24) is 9.78 Å².